The van der Waals surface area contributed by atoms with E-state index in [1.54, 1.807) is 4.90 Å². The fourth-order valence-corrected chi connectivity index (χ4v) is 4.56. The van der Waals surface area contributed by atoms with E-state index in [0.29, 0.717) is 36.8 Å². The zero-order chi connectivity index (χ0) is 19.2. The lowest BCUT2D eigenvalue weighted by atomic mass is 9.97. The van der Waals surface area contributed by atoms with Crippen LogP contribution >= 0.6 is 23.1 Å². The second-order valence-corrected chi connectivity index (χ2v) is 8.48. The Kier molecular flexibility index (Phi) is 6.68. The van der Waals surface area contributed by atoms with E-state index in [9.17, 15) is 9.59 Å². The Hall–Kier alpha value is -2.13. The molecular weight excluding hydrogens is 384 g/mol. The minimum absolute atomic E-state index is 0.0620. The fraction of sp³-hybridized carbons (Fsp3) is 0.444. The first-order valence-electron chi connectivity index (χ1n) is 8.71. The maximum absolute atomic E-state index is 12.4. The zero-order valence-corrected chi connectivity index (χ0v) is 16.9. The number of nitrogens with one attached hydrogen (secondary N) is 1. The highest BCUT2D eigenvalue weighted by Crippen LogP contribution is 2.29. The second-order valence-electron chi connectivity index (χ2n) is 6.28. The molecule has 0 aliphatic carbocycles. The molecule has 0 unspecified atom stereocenters. The summed E-state index contributed by atoms with van der Waals surface area (Å²) < 4.78 is 5.53. The van der Waals surface area contributed by atoms with Gasteiger partial charge in [0.1, 0.15) is 0 Å². The minimum atomic E-state index is -0.181. The van der Waals surface area contributed by atoms with E-state index in [1.165, 1.54) is 30.2 Å². The Morgan fingerprint density at radius 2 is 2.04 bits per heavy atom. The zero-order valence-electron chi connectivity index (χ0n) is 15.3. The van der Waals surface area contributed by atoms with Crippen LogP contribution in [0, 0.1) is 12.8 Å². The number of anilines is 2. The number of carbonyl (C=O) groups is 2. The highest BCUT2D eigenvalue weighted by Gasteiger charge is 2.27. The molecule has 0 bridgehead atoms. The summed E-state index contributed by atoms with van der Waals surface area (Å²) in [4.78, 5) is 25.8. The smallest absolute Gasteiger partial charge is 0.308 e. The molecule has 0 radical (unpaired) electrons. The third kappa shape index (κ3) is 5.20. The number of para-hydroxylation sites is 1. The summed E-state index contributed by atoms with van der Waals surface area (Å²) >= 11 is 2.82. The Morgan fingerprint density at radius 3 is 2.74 bits per heavy atom. The molecule has 1 aromatic heterocycles. The number of carbonyl (C=O) groups excluding carboxylic acids is 2. The average molecular weight is 407 g/mol. The molecule has 144 valence electrons. The van der Waals surface area contributed by atoms with Crippen molar-refractivity contribution in [3.8, 4) is 0 Å². The number of hydrogen-bond donors (Lipinski definition) is 1. The first-order valence-corrected chi connectivity index (χ1v) is 10.5. The van der Waals surface area contributed by atoms with Crippen LogP contribution in [0.25, 0.3) is 0 Å². The molecule has 27 heavy (non-hydrogen) atoms. The second kappa shape index (κ2) is 9.18. The van der Waals surface area contributed by atoms with Crippen LogP contribution < -0.4 is 5.32 Å². The van der Waals surface area contributed by atoms with Crippen LogP contribution in [0.4, 0.5) is 10.8 Å². The van der Waals surface area contributed by atoms with Gasteiger partial charge in [0.2, 0.25) is 11.0 Å². The van der Waals surface area contributed by atoms with Crippen LogP contribution in [-0.4, -0.2) is 52.9 Å². The van der Waals surface area contributed by atoms with Gasteiger partial charge in [-0.3, -0.25) is 9.59 Å². The summed E-state index contributed by atoms with van der Waals surface area (Å²) in [6.07, 6.45) is 1.32. The van der Waals surface area contributed by atoms with E-state index in [4.69, 9.17) is 4.74 Å². The molecule has 1 aliphatic rings. The third-order valence-electron chi connectivity index (χ3n) is 4.49. The Morgan fingerprint density at radius 1 is 1.30 bits per heavy atom. The number of rotatable bonds is 6. The van der Waals surface area contributed by atoms with Gasteiger partial charge in [-0.15, -0.1) is 10.2 Å². The van der Waals surface area contributed by atoms with Crippen molar-refractivity contribution >= 4 is 45.8 Å². The van der Waals surface area contributed by atoms with Gasteiger partial charge < -0.3 is 15.0 Å². The Bertz CT molecular complexity index is 803. The van der Waals surface area contributed by atoms with Gasteiger partial charge >= 0.3 is 5.97 Å². The summed E-state index contributed by atoms with van der Waals surface area (Å²) in [5.41, 5.74) is 2.13. The molecule has 0 saturated carbocycles. The normalized spacial score (nSPS) is 14.8. The molecule has 7 nitrogen and oxygen atoms in total. The maximum Gasteiger partial charge on any atom is 0.308 e. The number of nitrogens with zero attached hydrogens (tertiary/aromatic N) is 3. The molecule has 9 heteroatoms. The number of esters is 1. The molecule has 2 aromatic rings. The number of aromatic nitrogens is 2. The van der Waals surface area contributed by atoms with Crippen LogP contribution in [-0.2, 0) is 14.3 Å². The average Bonchev–Trinajstić information content (AvgIpc) is 3.15. The molecule has 1 N–H and O–H groups in total. The molecule has 0 atom stereocenters. The lowest BCUT2D eigenvalue weighted by Crippen LogP contribution is -2.41. The number of piperidine rings is 1. The van der Waals surface area contributed by atoms with Crippen molar-refractivity contribution < 1.29 is 14.3 Å². The number of amides is 1. The number of hydrogen-bond acceptors (Lipinski definition) is 8. The van der Waals surface area contributed by atoms with Crippen molar-refractivity contribution in [3.05, 3.63) is 29.8 Å². The highest BCUT2D eigenvalue weighted by atomic mass is 32.2. The molecule has 0 spiro atoms. The summed E-state index contributed by atoms with van der Waals surface area (Å²) in [6.45, 7) is 3.21. The molecule has 1 aromatic carbocycles. The number of ether oxygens (including phenoxy) is 1. The Balaban J connectivity index is 1.47. The monoisotopic (exact) mass is 406 g/mol. The molecule has 1 fully saturated rings. The number of likely N-dealkylation sites (tertiary alicyclic amines) is 1. The first-order chi connectivity index (χ1) is 13.1. The quantitative estimate of drug-likeness (QED) is 0.583. The van der Waals surface area contributed by atoms with Gasteiger partial charge in [-0.2, -0.15) is 0 Å². The van der Waals surface area contributed by atoms with Crippen LogP contribution in [0.15, 0.2) is 28.6 Å². The largest absolute Gasteiger partial charge is 0.469 e. The predicted octanol–water partition coefficient (Wildman–Crippen LogP) is 3.09. The van der Waals surface area contributed by atoms with Crippen molar-refractivity contribution in [2.75, 3.05) is 31.3 Å². The van der Waals surface area contributed by atoms with E-state index in [0.717, 1.165) is 15.6 Å². The number of benzene rings is 1. The molecule has 2 heterocycles. The summed E-state index contributed by atoms with van der Waals surface area (Å²) in [5.74, 6) is 0.109. The van der Waals surface area contributed by atoms with Crippen LogP contribution in [0.3, 0.4) is 0 Å². The van der Waals surface area contributed by atoms with Crippen LogP contribution in [0.5, 0.6) is 0 Å². The van der Waals surface area contributed by atoms with E-state index >= 15 is 0 Å². The van der Waals surface area contributed by atoms with E-state index < -0.39 is 0 Å². The van der Waals surface area contributed by atoms with Crippen molar-refractivity contribution in [1.82, 2.24) is 15.1 Å². The number of methoxy groups -OCH3 is 1. The van der Waals surface area contributed by atoms with Crippen molar-refractivity contribution in [1.29, 1.82) is 0 Å². The maximum atomic E-state index is 12.4. The number of thioether (sulfide) groups is 1. The predicted molar refractivity (Wildman–Crippen MR) is 106 cm³/mol. The Labute approximate surface area is 166 Å². The lowest BCUT2D eigenvalue weighted by molar-refractivity contribution is -0.148. The molecule has 3 rings (SSSR count). The van der Waals surface area contributed by atoms with Gasteiger partial charge in [0, 0.05) is 18.8 Å². The van der Waals surface area contributed by atoms with Gasteiger partial charge in [-0.1, -0.05) is 41.3 Å². The van der Waals surface area contributed by atoms with Crippen LogP contribution in [0.1, 0.15) is 18.4 Å². The van der Waals surface area contributed by atoms with Crippen molar-refractivity contribution in [2.24, 2.45) is 5.92 Å². The van der Waals surface area contributed by atoms with Gasteiger partial charge in [0.25, 0.3) is 0 Å². The van der Waals surface area contributed by atoms with Gasteiger partial charge in [-0.25, -0.2) is 0 Å². The van der Waals surface area contributed by atoms with Gasteiger partial charge in [0.15, 0.2) is 4.34 Å². The van der Waals surface area contributed by atoms with Gasteiger partial charge in [0.05, 0.1) is 18.8 Å². The number of aryl methyl sites for hydroxylation is 1. The minimum Gasteiger partial charge on any atom is -0.469 e. The molecule has 1 saturated heterocycles. The fourth-order valence-electron chi connectivity index (χ4n) is 2.89. The lowest BCUT2D eigenvalue weighted by Gasteiger charge is -2.30. The SMILES string of the molecule is COC(=O)C1CCN(C(=O)CSc2nnc(Nc3ccccc3C)s2)CC1. The summed E-state index contributed by atoms with van der Waals surface area (Å²) in [6, 6.07) is 7.97. The summed E-state index contributed by atoms with van der Waals surface area (Å²) in [7, 11) is 1.40. The van der Waals surface area contributed by atoms with E-state index in [2.05, 4.69) is 15.5 Å². The topological polar surface area (TPSA) is 84.4 Å². The van der Waals surface area contributed by atoms with Crippen LogP contribution in [0.2, 0.25) is 0 Å². The first kappa shape index (κ1) is 19.6. The molecule has 1 aliphatic heterocycles. The standard InChI is InChI=1S/C18H22N4O3S2/c1-12-5-3-4-6-14(12)19-17-20-21-18(27-17)26-11-15(23)22-9-7-13(8-10-22)16(24)25-2/h3-6,13H,7-11H2,1-2H3,(H,19,20). The summed E-state index contributed by atoms with van der Waals surface area (Å²) in [5, 5.41) is 12.2. The van der Waals surface area contributed by atoms with E-state index in [-0.39, 0.29) is 17.8 Å². The highest BCUT2D eigenvalue weighted by molar-refractivity contribution is 8.01. The van der Waals surface area contributed by atoms with Gasteiger partial charge in [-0.05, 0) is 31.4 Å². The molecular formula is C18H22N4O3S2. The van der Waals surface area contributed by atoms with Crippen molar-refractivity contribution in [2.45, 2.75) is 24.1 Å². The van der Waals surface area contributed by atoms with Crippen molar-refractivity contribution in [3.63, 3.8) is 0 Å². The third-order valence-corrected chi connectivity index (χ3v) is 6.45. The molecule has 1 amide bonds. The van der Waals surface area contributed by atoms with E-state index in [1.807, 2.05) is 31.2 Å².